The minimum absolute atomic E-state index is 0.233. The number of nitrogens with one attached hydrogen (secondary N) is 1. The largest absolute Gasteiger partial charge is 0.379 e. The first-order valence-electron chi connectivity index (χ1n) is 31.3. The number of ether oxygens (including phenoxy) is 4. The molecule has 15 nitrogen and oxygen atoms in total. The molecule has 3 N–H and O–H groups in total. The third-order valence-electron chi connectivity index (χ3n) is 16.4. The van der Waals surface area contributed by atoms with Crippen molar-refractivity contribution < 1.29 is 42.9 Å². The zero-order valence-corrected chi connectivity index (χ0v) is 66.4. The van der Waals surface area contributed by atoms with Crippen LogP contribution in [0.3, 0.4) is 0 Å². The number of anilines is 3. The fourth-order valence-electron chi connectivity index (χ4n) is 11.0. The molecule has 506 valence electrons. The van der Waals surface area contributed by atoms with Crippen molar-refractivity contribution in [2.24, 2.45) is 5.73 Å². The third kappa shape index (κ3) is 18.4. The number of thiophene rings is 6. The molecule has 2 fully saturated rings. The molecular formula is C65H88Cl2N6O9S8Si3. The van der Waals surface area contributed by atoms with Crippen molar-refractivity contribution in [3.63, 3.8) is 0 Å². The number of unbranched alkanes of at least 4 members (excludes halogenated alkanes) is 6. The van der Waals surface area contributed by atoms with Gasteiger partial charge in [0.2, 0.25) is 0 Å². The van der Waals surface area contributed by atoms with Gasteiger partial charge >= 0.3 is 0 Å². The van der Waals surface area contributed by atoms with Gasteiger partial charge in [0.1, 0.15) is 24.2 Å². The van der Waals surface area contributed by atoms with Crippen LogP contribution < -0.4 is 56.9 Å². The van der Waals surface area contributed by atoms with E-state index in [1.807, 2.05) is 46.2 Å². The van der Waals surface area contributed by atoms with E-state index in [4.69, 9.17) is 47.9 Å². The summed E-state index contributed by atoms with van der Waals surface area (Å²) in [5, 5.41) is 14.5. The molecule has 6 aromatic rings. The van der Waals surface area contributed by atoms with E-state index in [-0.39, 0.29) is 28.8 Å². The summed E-state index contributed by atoms with van der Waals surface area (Å²) >= 11 is 23.9. The molecule has 0 aliphatic carbocycles. The zero-order chi connectivity index (χ0) is 67.4. The minimum atomic E-state index is -1.76. The molecule has 0 radical (unpaired) electrons. The molecule has 11 rings (SSSR count). The molecule has 0 spiro atoms. The third-order valence-corrected chi connectivity index (χ3v) is 37.8. The van der Waals surface area contributed by atoms with E-state index in [2.05, 4.69) is 138 Å². The maximum absolute atomic E-state index is 13.0. The zero-order valence-electron chi connectivity index (χ0n) is 55.4. The summed E-state index contributed by atoms with van der Waals surface area (Å²) in [4.78, 5) is 79.4. The first kappa shape index (κ1) is 75.5. The van der Waals surface area contributed by atoms with Gasteiger partial charge in [-0.2, -0.15) is 0 Å². The number of nitrogens with two attached hydrogens (primary N) is 1. The van der Waals surface area contributed by atoms with Gasteiger partial charge in [0.15, 0.2) is 6.29 Å². The van der Waals surface area contributed by atoms with Crippen LogP contribution in [0.25, 0.3) is 41.4 Å². The van der Waals surface area contributed by atoms with Crippen molar-refractivity contribution in [3.05, 3.63) is 60.8 Å². The summed E-state index contributed by atoms with van der Waals surface area (Å²) < 4.78 is 21.7. The van der Waals surface area contributed by atoms with Gasteiger partial charge in [-0.3, -0.25) is 34.2 Å². The highest BCUT2D eigenvalue weighted by Crippen LogP contribution is 2.45. The Bertz CT molecular complexity index is 3650. The topological polar surface area (TPSA) is 173 Å². The molecule has 2 saturated heterocycles. The molecule has 0 saturated carbocycles. The minimum Gasteiger partial charge on any atom is -0.379 e. The first-order chi connectivity index (χ1) is 44.4. The van der Waals surface area contributed by atoms with Crippen LogP contribution >= 0.6 is 115 Å². The number of halogens is 2. The Labute approximate surface area is 594 Å². The summed E-state index contributed by atoms with van der Waals surface area (Å²) in [6.07, 6.45) is 13.7. The lowest BCUT2D eigenvalue weighted by atomic mass is 10.2. The van der Waals surface area contributed by atoms with Gasteiger partial charge in [0.25, 0.3) is 22.3 Å². The number of carbonyl (C=O) groups excluding carboxylic acids is 5. The van der Waals surface area contributed by atoms with Crippen LogP contribution in [0.2, 0.25) is 39.3 Å². The molecule has 0 bridgehead atoms. The number of imide groups is 2. The standard InChI is InChI=1S/C26H35ClN2O4S3Si.C16H16N2O2S3Si.C13H15NOS2Si.C10H22ClNO2/c1-28(2)22-17-21-24(36-22)23-20(37(21,3)4)16-18(34-23)15-19-25(30)29(26(31)35-19)10-12-33-14-13-32-11-8-6-5-7-9-27;1-18(2)12-7-11-14(23-12)13-10(24(11,3)4)6-8(21-13)5-9-15(19)17-16(20)22-9;1-14(2)11-6-10-13(17-11)12-9(18(10,3)4)5-8(7-15)16-12;11-5-3-1-2-4-7-13-9-10-14-8-6-12/h15-17H,5-14H2,1-4H3;5-7H,1-4H3,(H,17,19,20);5-7H,1-4H3;1-10,12H2/b19-15-;9-5-;;. The summed E-state index contributed by atoms with van der Waals surface area (Å²) in [7, 11) is 7.48. The normalized spacial score (nSPS) is 16.5. The SMILES string of the molecule is CN(C)c1cc2c(s1)-c1sc(/C=C3\SC(=O)N(CCOCCOCCCCCCCl)C3=O)cc1[Si]2(C)C.CN(C)c1cc2c(s1)-c1sc(/C=C3\SC(=O)NC3=O)cc1[Si]2(C)C.CN(C)c1cc2c(s1)-c1sc(C=O)cc1[Si]2(C)C.NCCOCCOCCCCCCCl. The Morgan fingerprint density at radius 1 is 0.473 bits per heavy atom. The van der Waals surface area contributed by atoms with E-state index < -0.39 is 24.2 Å². The van der Waals surface area contributed by atoms with Crippen molar-refractivity contribution in [2.45, 2.75) is 90.6 Å². The molecule has 11 heterocycles. The number of rotatable bonds is 29. The number of alkyl halides is 2. The van der Waals surface area contributed by atoms with Crippen LogP contribution in [-0.4, -0.2) is 178 Å². The van der Waals surface area contributed by atoms with Gasteiger partial charge in [-0.1, -0.05) is 65.0 Å². The van der Waals surface area contributed by atoms with Crippen LogP contribution in [-0.2, 0) is 28.5 Å². The lowest BCUT2D eigenvalue weighted by molar-refractivity contribution is -0.123. The Balaban J connectivity index is 0.000000171. The number of nitrogens with zero attached hydrogens (tertiary/aromatic N) is 4. The fraction of sp³-hybridized carbons (Fsp3) is 0.492. The molecule has 28 heteroatoms. The molecule has 0 unspecified atom stereocenters. The van der Waals surface area contributed by atoms with Gasteiger partial charge in [0, 0.05) is 113 Å². The van der Waals surface area contributed by atoms with Crippen molar-refractivity contribution in [2.75, 3.05) is 135 Å². The predicted molar refractivity (Wildman–Crippen MR) is 414 cm³/mol. The predicted octanol–water partition coefficient (Wildman–Crippen LogP) is 12.8. The highest BCUT2D eigenvalue weighted by molar-refractivity contribution is 8.18. The van der Waals surface area contributed by atoms with Crippen molar-refractivity contribution in [1.82, 2.24) is 10.2 Å². The van der Waals surface area contributed by atoms with E-state index in [9.17, 15) is 24.0 Å². The molecule has 5 aliphatic rings. The first-order valence-corrected chi connectivity index (χ1v) is 47.9. The monoisotopic (exact) mass is 1510 g/mol. The van der Waals surface area contributed by atoms with Crippen LogP contribution in [0.15, 0.2) is 46.2 Å². The average molecular weight is 1510 g/mol. The Morgan fingerprint density at radius 3 is 1.23 bits per heavy atom. The molecule has 0 aromatic carbocycles. The van der Waals surface area contributed by atoms with Crippen molar-refractivity contribution >= 4 is 226 Å². The lowest BCUT2D eigenvalue weighted by Crippen LogP contribution is -2.48. The summed E-state index contributed by atoms with van der Waals surface area (Å²) in [6.45, 7) is 19.9. The number of thioether (sulfide) groups is 2. The maximum atomic E-state index is 13.0. The summed E-state index contributed by atoms with van der Waals surface area (Å²) in [5.41, 5.74) is 5.26. The second kappa shape index (κ2) is 34.5. The molecule has 93 heavy (non-hydrogen) atoms. The van der Waals surface area contributed by atoms with Gasteiger partial charge in [0.05, 0.1) is 75.9 Å². The van der Waals surface area contributed by atoms with Crippen LogP contribution in [0.4, 0.5) is 24.6 Å². The smallest absolute Gasteiger partial charge is 0.293 e. The molecule has 0 atom stereocenters. The second-order valence-corrected chi connectivity index (χ2v) is 47.1. The van der Waals surface area contributed by atoms with E-state index in [0.717, 1.165) is 108 Å². The van der Waals surface area contributed by atoms with Crippen molar-refractivity contribution in [3.8, 4) is 29.3 Å². The quantitative estimate of drug-likeness (QED) is 0.0149. The molecular weight excluding hydrogens is 1420 g/mol. The molecule has 5 aliphatic heterocycles. The van der Waals surface area contributed by atoms with E-state index in [0.29, 0.717) is 56.0 Å². The highest BCUT2D eigenvalue weighted by Gasteiger charge is 2.44. The number of carbonyl (C=O) groups is 5. The van der Waals surface area contributed by atoms with Gasteiger partial charge in [-0.15, -0.1) is 91.2 Å². The van der Waals surface area contributed by atoms with Crippen LogP contribution in [0.5, 0.6) is 0 Å². The van der Waals surface area contributed by atoms with Crippen molar-refractivity contribution in [1.29, 1.82) is 0 Å². The number of amides is 4. The van der Waals surface area contributed by atoms with Crippen LogP contribution in [0, 0.1) is 0 Å². The number of fused-ring (bicyclic) bond motifs is 9. The number of aldehydes is 1. The Morgan fingerprint density at radius 2 is 0.839 bits per heavy atom. The Hall–Kier alpha value is -3.24. The van der Waals surface area contributed by atoms with Gasteiger partial charge in [-0.25, -0.2) is 0 Å². The van der Waals surface area contributed by atoms with E-state index >= 15 is 0 Å². The molecule has 6 aromatic heterocycles. The van der Waals surface area contributed by atoms with Gasteiger partial charge in [-0.05, 0) is 129 Å². The molecule has 4 amide bonds. The van der Waals surface area contributed by atoms with E-state index in [1.165, 1.54) is 93.1 Å². The van der Waals surface area contributed by atoms with E-state index in [1.54, 1.807) is 34.0 Å². The number of hydrogen-bond acceptors (Lipinski definition) is 21. The lowest BCUT2D eigenvalue weighted by Gasteiger charge is -2.16. The fourth-order valence-corrected chi connectivity index (χ4v) is 34.1. The second-order valence-electron chi connectivity index (χ2n) is 25.0. The number of hydrogen-bond donors (Lipinski definition) is 2. The average Bonchev–Trinajstić information content (AvgIpc) is 1.58. The Kier molecular flexibility index (Phi) is 28.0. The van der Waals surface area contributed by atoms with Gasteiger partial charge < -0.3 is 39.4 Å². The maximum Gasteiger partial charge on any atom is 0.293 e. The summed E-state index contributed by atoms with van der Waals surface area (Å²) in [5.74, 6) is 0.968. The highest BCUT2D eigenvalue weighted by atomic mass is 35.5. The summed E-state index contributed by atoms with van der Waals surface area (Å²) in [6, 6.07) is 13.6. The van der Waals surface area contributed by atoms with Crippen LogP contribution in [0.1, 0.15) is 70.8 Å².